The molecular formula is C23H17Cl2N3O4. The van der Waals surface area contributed by atoms with Crippen LogP contribution in [0.4, 0.5) is 5.69 Å². The molecule has 0 saturated heterocycles. The fourth-order valence-corrected chi connectivity index (χ4v) is 3.55. The second-order valence-electron chi connectivity index (χ2n) is 6.62. The summed E-state index contributed by atoms with van der Waals surface area (Å²) in [6, 6.07) is 17.3. The van der Waals surface area contributed by atoms with E-state index in [-0.39, 0.29) is 16.5 Å². The molecule has 7 nitrogen and oxygen atoms in total. The Hall–Kier alpha value is -3.55. The number of carbonyl (C=O) groups is 1. The molecule has 0 saturated carbocycles. The molecular weight excluding hydrogens is 453 g/mol. The van der Waals surface area contributed by atoms with E-state index in [4.69, 9.17) is 37.2 Å². The lowest BCUT2D eigenvalue weighted by Gasteiger charge is -2.14. The second kappa shape index (κ2) is 9.30. The summed E-state index contributed by atoms with van der Waals surface area (Å²) in [5.74, 6) is 1.01. The van der Waals surface area contributed by atoms with Gasteiger partial charge < -0.3 is 19.3 Å². The molecule has 9 heteroatoms. The van der Waals surface area contributed by atoms with Crippen LogP contribution in [0, 0.1) is 0 Å². The van der Waals surface area contributed by atoms with Crippen molar-refractivity contribution in [2.75, 3.05) is 19.5 Å². The molecule has 0 atom stereocenters. The summed E-state index contributed by atoms with van der Waals surface area (Å²) >= 11 is 12.1. The van der Waals surface area contributed by atoms with Gasteiger partial charge in [-0.2, -0.15) is 4.98 Å². The van der Waals surface area contributed by atoms with Gasteiger partial charge in [0.05, 0.1) is 36.1 Å². The zero-order valence-corrected chi connectivity index (χ0v) is 18.6. The Kier molecular flexibility index (Phi) is 6.30. The van der Waals surface area contributed by atoms with Gasteiger partial charge in [-0.1, -0.05) is 58.7 Å². The highest BCUT2D eigenvalue weighted by atomic mass is 35.5. The third-order valence-corrected chi connectivity index (χ3v) is 5.18. The lowest BCUT2D eigenvalue weighted by atomic mass is 10.1. The summed E-state index contributed by atoms with van der Waals surface area (Å²) in [5.41, 5.74) is 1.88. The van der Waals surface area contributed by atoms with Crippen molar-refractivity contribution in [1.29, 1.82) is 0 Å². The van der Waals surface area contributed by atoms with E-state index in [0.29, 0.717) is 33.6 Å². The molecule has 0 spiro atoms. The minimum Gasteiger partial charge on any atom is -0.493 e. The molecule has 162 valence electrons. The van der Waals surface area contributed by atoms with E-state index in [0.717, 1.165) is 5.56 Å². The standard InChI is InChI=1S/C23H17Cl2N3O4/c1-30-19-11-16(23-27-21(28-32-23)13-6-4-3-5-7-13)18(12-20(19)31-2)26-22(29)15-9-8-14(24)10-17(15)25/h3-12H,1-2H3,(H,26,29). The number of benzene rings is 3. The monoisotopic (exact) mass is 469 g/mol. The predicted octanol–water partition coefficient (Wildman–Crippen LogP) is 5.98. The largest absolute Gasteiger partial charge is 0.493 e. The zero-order valence-electron chi connectivity index (χ0n) is 17.1. The van der Waals surface area contributed by atoms with E-state index in [1.54, 1.807) is 24.3 Å². The number of nitrogens with zero attached hydrogens (tertiary/aromatic N) is 2. The van der Waals surface area contributed by atoms with Crippen LogP contribution in [-0.4, -0.2) is 30.3 Å². The maximum atomic E-state index is 12.9. The second-order valence-corrected chi connectivity index (χ2v) is 7.46. The van der Waals surface area contributed by atoms with Gasteiger partial charge in [-0.25, -0.2) is 0 Å². The Balaban J connectivity index is 1.76. The van der Waals surface area contributed by atoms with Crippen molar-refractivity contribution in [2.45, 2.75) is 0 Å². The summed E-state index contributed by atoms with van der Waals surface area (Å²) in [6.45, 7) is 0. The highest BCUT2D eigenvalue weighted by Gasteiger charge is 2.21. The van der Waals surface area contributed by atoms with Crippen molar-refractivity contribution in [2.24, 2.45) is 0 Å². The van der Waals surface area contributed by atoms with Crippen LogP contribution in [0.1, 0.15) is 10.4 Å². The number of methoxy groups -OCH3 is 2. The first-order valence-corrected chi connectivity index (χ1v) is 10.2. The highest BCUT2D eigenvalue weighted by molar-refractivity contribution is 6.37. The average Bonchev–Trinajstić information content (AvgIpc) is 3.29. The molecule has 0 aliphatic heterocycles. The first-order chi connectivity index (χ1) is 15.5. The lowest BCUT2D eigenvalue weighted by Crippen LogP contribution is -2.13. The van der Waals surface area contributed by atoms with Crippen LogP contribution in [0.3, 0.4) is 0 Å². The van der Waals surface area contributed by atoms with Gasteiger partial charge in [-0.15, -0.1) is 0 Å². The third kappa shape index (κ3) is 4.39. The summed E-state index contributed by atoms with van der Waals surface area (Å²) in [4.78, 5) is 17.4. The summed E-state index contributed by atoms with van der Waals surface area (Å²) in [5, 5.41) is 7.54. The number of hydrogen-bond acceptors (Lipinski definition) is 6. The number of halogens is 2. The number of hydrogen-bond donors (Lipinski definition) is 1. The Morgan fingerprint density at radius 2 is 1.69 bits per heavy atom. The Labute approximate surface area is 193 Å². The molecule has 32 heavy (non-hydrogen) atoms. The van der Waals surface area contributed by atoms with Gasteiger partial charge >= 0.3 is 0 Å². The van der Waals surface area contributed by atoms with Crippen molar-refractivity contribution in [3.8, 4) is 34.3 Å². The van der Waals surface area contributed by atoms with Gasteiger partial charge in [0.25, 0.3) is 11.8 Å². The highest BCUT2D eigenvalue weighted by Crippen LogP contribution is 2.39. The molecule has 1 amide bonds. The number of carbonyl (C=O) groups excluding carboxylic acids is 1. The molecule has 4 aromatic rings. The Morgan fingerprint density at radius 1 is 0.969 bits per heavy atom. The van der Waals surface area contributed by atoms with Crippen molar-refractivity contribution in [1.82, 2.24) is 10.1 Å². The van der Waals surface area contributed by atoms with Gasteiger partial charge in [0, 0.05) is 16.7 Å². The van der Waals surface area contributed by atoms with Crippen molar-refractivity contribution >= 4 is 34.8 Å². The number of amides is 1. The topological polar surface area (TPSA) is 86.5 Å². The van der Waals surface area contributed by atoms with Gasteiger partial charge in [0.15, 0.2) is 11.5 Å². The maximum absolute atomic E-state index is 12.9. The molecule has 0 fully saturated rings. The van der Waals surface area contributed by atoms with Gasteiger partial charge in [0.2, 0.25) is 5.82 Å². The van der Waals surface area contributed by atoms with Crippen LogP contribution in [-0.2, 0) is 0 Å². The normalized spacial score (nSPS) is 10.6. The van der Waals surface area contributed by atoms with Gasteiger partial charge in [0.1, 0.15) is 0 Å². The molecule has 0 unspecified atom stereocenters. The molecule has 0 aliphatic rings. The van der Waals surface area contributed by atoms with Crippen LogP contribution in [0.15, 0.2) is 65.2 Å². The number of aromatic nitrogens is 2. The van der Waals surface area contributed by atoms with Gasteiger partial charge in [-0.05, 0) is 24.3 Å². The Bertz CT molecular complexity index is 1280. The average molecular weight is 470 g/mol. The van der Waals surface area contributed by atoms with E-state index >= 15 is 0 Å². The number of rotatable bonds is 6. The van der Waals surface area contributed by atoms with E-state index in [9.17, 15) is 4.79 Å². The van der Waals surface area contributed by atoms with Crippen LogP contribution >= 0.6 is 23.2 Å². The zero-order chi connectivity index (χ0) is 22.7. The van der Waals surface area contributed by atoms with Crippen LogP contribution in [0.25, 0.3) is 22.8 Å². The van der Waals surface area contributed by atoms with Crippen LogP contribution in [0.5, 0.6) is 11.5 Å². The molecule has 1 N–H and O–H groups in total. The quantitative estimate of drug-likeness (QED) is 0.373. The maximum Gasteiger partial charge on any atom is 0.260 e. The minimum atomic E-state index is -0.442. The first kappa shape index (κ1) is 21.7. The fraction of sp³-hybridized carbons (Fsp3) is 0.0870. The molecule has 1 heterocycles. The summed E-state index contributed by atoms with van der Waals surface area (Å²) in [7, 11) is 3.01. The van der Waals surface area contributed by atoms with Gasteiger partial charge in [-0.3, -0.25) is 4.79 Å². The van der Waals surface area contributed by atoms with Crippen LogP contribution in [0.2, 0.25) is 10.0 Å². The SMILES string of the molecule is COc1cc(NC(=O)c2ccc(Cl)cc2Cl)c(-c2nc(-c3ccccc3)no2)cc1OC. The molecule has 0 radical (unpaired) electrons. The lowest BCUT2D eigenvalue weighted by molar-refractivity contribution is 0.102. The number of nitrogens with one attached hydrogen (secondary N) is 1. The smallest absolute Gasteiger partial charge is 0.260 e. The molecule has 1 aromatic heterocycles. The fourth-order valence-electron chi connectivity index (χ4n) is 3.06. The molecule has 0 aliphatic carbocycles. The van der Waals surface area contributed by atoms with Crippen molar-refractivity contribution in [3.63, 3.8) is 0 Å². The number of ether oxygens (including phenoxy) is 2. The molecule has 0 bridgehead atoms. The van der Waals surface area contributed by atoms with E-state index < -0.39 is 5.91 Å². The van der Waals surface area contributed by atoms with Crippen molar-refractivity contribution < 1.29 is 18.8 Å². The minimum absolute atomic E-state index is 0.197. The van der Waals surface area contributed by atoms with Crippen LogP contribution < -0.4 is 14.8 Å². The van der Waals surface area contributed by atoms with E-state index in [2.05, 4.69) is 15.5 Å². The summed E-state index contributed by atoms with van der Waals surface area (Å²) in [6.07, 6.45) is 0. The van der Waals surface area contributed by atoms with Crippen molar-refractivity contribution in [3.05, 3.63) is 76.3 Å². The predicted molar refractivity (Wildman–Crippen MR) is 123 cm³/mol. The Morgan fingerprint density at radius 3 is 2.38 bits per heavy atom. The number of anilines is 1. The third-order valence-electron chi connectivity index (χ3n) is 4.64. The molecule has 3 aromatic carbocycles. The summed E-state index contributed by atoms with van der Waals surface area (Å²) < 4.78 is 16.3. The first-order valence-electron chi connectivity index (χ1n) is 9.42. The van der Waals surface area contributed by atoms with E-state index in [1.165, 1.54) is 20.3 Å². The van der Waals surface area contributed by atoms with E-state index in [1.807, 2.05) is 30.3 Å². The molecule has 4 rings (SSSR count).